The van der Waals surface area contributed by atoms with E-state index in [-0.39, 0.29) is 10.6 Å². The highest BCUT2D eigenvalue weighted by Crippen LogP contribution is 2.34. The third-order valence-electron chi connectivity index (χ3n) is 3.21. The van der Waals surface area contributed by atoms with Crippen LogP contribution in [0.25, 0.3) is 0 Å². The average Bonchev–Trinajstić information content (AvgIpc) is 2.54. The van der Waals surface area contributed by atoms with Crippen LogP contribution in [0.4, 0.5) is 5.69 Å². The molecule has 0 unspecified atom stereocenters. The van der Waals surface area contributed by atoms with E-state index in [1.807, 2.05) is 0 Å². The smallest absolute Gasteiger partial charge is 0.265 e. The predicted molar refractivity (Wildman–Crippen MR) is 88.9 cm³/mol. The van der Waals surface area contributed by atoms with E-state index in [4.69, 9.17) is 14.2 Å². The topological polar surface area (TPSA) is 73.9 Å². The monoisotopic (exact) mass is 399 g/mol. The van der Waals surface area contributed by atoms with E-state index in [0.717, 1.165) is 0 Å². The Balaban J connectivity index is 1.94. The number of anilines is 1. The van der Waals surface area contributed by atoms with Crippen LogP contribution in [0.15, 0.2) is 45.8 Å². The molecule has 0 bridgehead atoms. The van der Waals surface area contributed by atoms with Crippen molar-refractivity contribution in [2.24, 2.45) is 0 Å². The molecule has 122 valence electrons. The number of methoxy groups -OCH3 is 1. The molecule has 2 aromatic rings. The zero-order valence-electron chi connectivity index (χ0n) is 12.2. The van der Waals surface area contributed by atoms with E-state index in [1.165, 1.54) is 13.2 Å². The lowest BCUT2D eigenvalue weighted by atomic mass is 10.3. The van der Waals surface area contributed by atoms with Gasteiger partial charge in [0.15, 0.2) is 11.5 Å². The number of hydrogen-bond donors (Lipinski definition) is 1. The van der Waals surface area contributed by atoms with Crippen molar-refractivity contribution < 1.29 is 22.6 Å². The Bertz CT molecular complexity index is 838. The maximum atomic E-state index is 12.6. The molecule has 1 heterocycles. The molecule has 8 heteroatoms. The molecule has 1 aliphatic heterocycles. The molecule has 0 aliphatic carbocycles. The van der Waals surface area contributed by atoms with Gasteiger partial charge in [-0.05, 0) is 30.3 Å². The summed E-state index contributed by atoms with van der Waals surface area (Å²) >= 11 is 3.27. The minimum atomic E-state index is -3.81. The van der Waals surface area contributed by atoms with Gasteiger partial charge in [-0.25, -0.2) is 8.42 Å². The van der Waals surface area contributed by atoms with Crippen molar-refractivity contribution in [3.05, 3.63) is 40.9 Å². The summed E-state index contributed by atoms with van der Waals surface area (Å²) in [5.74, 6) is 1.37. The number of hydrogen-bond acceptors (Lipinski definition) is 5. The standard InChI is InChI=1S/C15H14BrNO5S/c1-20-13-4-2-10(16)8-15(13)23(18,19)17-11-3-5-12-14(9-11)22-7-6-21-12/h2-5,8-9,17H,6-7H2,1H3. The van der Waals surface area contributed by atoms with Crippen LogP contribution in [0.3, 0.4) is 0 Å². The number of benzene rings is 2. The van der Waals surface area contributed by atoms with Crippen LogP contribution in [0.2, 0.25) is 0 Å². The molecule has 0 spiro atoms. The fourth-order valence-electron chi connectivity index (χ4n) is 2.18. The molecule has 0 saturated heterocycles. The van der Waals surface area contributed by atoms with Gasteiger partial charge in [0.1, 0.15) is 23.9 Å². The first kappa shape index (κ1) is 15.9. The van der Waals surface area contributed by atoms with Crippen LogP contribution in [-0.4, -0.2) is 28.7 Å². The summed E-state index contributed by atoms with van der Waals surface area (Å²) in [6.07, 6.45) is 0. The highest BCUT2D eigenvalue weighted by Gasteiger charge is 2.21. The lowest BCUT2D eigenvalue weighted by Crippen LogP contribution is -2.17. The summed E-state index contributed by atoms with van der Waals surface area (Å²) in [4.78, 5) is 0.0456. The summed E-state index contributed by atoms with van der Waals surface area (Å²) in [5.41, 5.74) is 0.385. The molecule has 2 aromatic carbocycles. The second-order valence-electron chi connectivity index (χ2n) is 4.76. The fourth-order valence-corrected chi connectivity index (χ4v) is 3.94. The quantitative estimate of drug-likeness (QED) is 0.854. The summed E-state index contributed by atoms with van der Waals surface area (Å²) < 4.78 is 44.4. The number of ether oxygens (including phenoxy) is 3. The van der Waals surface area contributed by atoms with Gasteiger partial charge in [-0.1, -0.05) is 15.9 Å². The molecular weight excluding hydrogens is 386 g/mol. The first-order chi connectivity index (χ1) is 11.0. The van der Waals surface area contributed by atoms with E-state index < -0.39 is 10.0 Å². The van der Waals surface area contributed by atoms with E-state index in [0.29, 0.717) is 34.9 Å². The average molecular weight is 400 g/mol. The Kier molecular flexibility index (Phi) is 4.36. The minimum Gasteiger partial charge on any atom is -0.495 e. The first-order valence-corrected chi connectivity index (χ1v) is 9.03. The zero-order chi connectivity index (χ0) is 16.4. The van der Waals surface area contributed by atoms with Crippen molar-refractivity contribution >= 4 is 31.6 Å². The number of sulfonamides is 1. The third-order valence-corrected chi connectivity index (χ3v) is 5.11. The molecule has 1 N–H and O–H groups in total. The molecule has 0 saturated carbocycles. The van der Waals surface area contributed by atoms with Crippen molar-refractivity contribution in [2.75, 3.05) is 25.0 Å². The zero-order valence-corrected chi connectivity index (χ0v) is 14.6. The minimum absolute atomic E-state index is 0.0456. The molecule has 3 rings (SSSR count). The number of rotatable bonds is 4. The molecule has 0 amide bonds. The molecule has 0 atom stereocenters. The highest BCUT2D eigenvalue weighted by atomic mass is 79.9. The Hall–Kier alpha value is -1.93. The molecule has 1 aliphatic rings. The van der Waals surface area contributed by atoms with Gasteiger partial charge in [0.05, 0.1) is 12.8 Å². The lowest BCUT2D eigenvalue weighted by molar-refractivity contribution is 0.171. The second kappa shape index (κ2) is 6.29. The van der Waals surface area contributed by atoms with Crippen LogP contribution in [0.1, 0.15) is 0 Å². The summed E-state index contributed by atoms with van der Waals surface area (Å²) in [6, 6.07) is 9.67. The van der Waals surface area contributed by atoms with Gasteiger partial charge in [-0.3, -0.25) is 4.72 Å². The van der Waals surface area contributed by atoms with Crippen LogP contribution in [-0.2, 0) is 10.0 Å². The third kappa shape index (κ3) is 3.37. The van der Waals surface area contributed by atoms with Crippen molar-refractivity contribution in [1.29, 1.82) is 0 Å². The fraction of sp³-hybridized carbons (Fsp3) is 0.200. The highest BCUT2D eigenvalue weighted by molar-refractivity contribution is 9.10. The van der Waals surface area contributed by atoms with E-state index in [9.17, 15) is 8.42 Å². The second-order valence-corrected chi connectivity index (χ2v) is 7.33. The Morgan fingerprint density at radius 2 is 1.83 bits per heavy atom. The molecule has 6 nitrogen and oxygen atoms in total. The molecule has 0 radical (unpaired) electrons. The normalized spacial score (nSPS) is 13.5. The SMILES string of the molecule is COc1ccc(Br)cc1S(=O)(=O)Nc1ccc2c(c1)OCCO2. The number of nitrogens with one attached hydrogen (secondary N) is 1. The van der Waals surface area contributed by atoms with Gasteiger partial charge in [-0.15, -0.1) is 0 Å². The molecule has 23 heavy (non-hydrogen) atoms. The van der Waals surface area contributed by atoms with Crippen LogP contribution in [0, 0.1) is 0 Å². The number of halogens is 1. The van der Waals surface area contributed by atoms with Gasteiger partial charge in [0, 0.05) is 10.5 Å². The van der Waals surface area contributed by atoms with E-state index in [2.05, 4.69) is 20.7 Å². The Morgan fingerprint density at radius 1 is 1.09 bits per heavy atom. The Labute approximate surface area is 142 Å². The first-order valence-electron chi connectivity index (χ1n) is 6.75. The van der Waals surface area contributed by atoms with Gasteiger partial charge >= 0.3 is 0 Å². The maximum Gasteiger partial charge on any atom is 0.265 e. The van der Waals surface area contributed by atoms with Gasteiger partial charge in [-0.2, -0.15) is 0 Å². The van der Waals surface area contributed by atoms with Gasteiger partial charge < -0.3 is 14.2 Å². The molecule has 0 fully saturated rings. The maximum absolute atomic E-state index is 12.6. The predicted octanol–water partition coefficient (Wildman–Crippen LogP) is 3.03. The summed E-state index contributed by atoms with van der Waals surface area (Å²) in [5, 5.41) is 0. The Morgan fingerprint density at radius 3 is 2.57 bits per heavy atom. The van der Waals surface area contributed by atoms with Crippen molar-refractivity contribution in [3.8, 4) is 17.2 Å². The van der Waals surface area contributed by atoms with Gasteiger partial charge in [0.2, 0.25) is 0 Å². The van der Waals surface area contributed by atoms with Crippen LogP contribution >= 0.6 is 15.9 Å². The van der Waals surface area contributed by atoms with Gasteiger partial charge in [0.25, 0.3) is 10.0 Å². The largest absolute Gasteiger partial charge is 0.495 e. The van der Waals surface area contributed by atoms with Crippen molar-refractivity contribution in [3.63, 3.8) is 0 Å². The van der Waals surface area contributed by atoms with Crippen LogP contribution < -0.4 is 18.9 Å². The summed E-state index contributed by atoms with van der Waals surface area (Å²) in [6.45, 7) is 0.913. The van der Waals surface area contributed by atoms with E-state index in [1.54, 1.807) is 30.3 Å². The number of fused-ring (bicyclic) bond motifs is 1. The lowest BCUT2D eigenvalue weighted by Gasteiger charge is -2.19. The molecular formula is C15H14BrNO5S. The van der Waals surface area contributed by atoms with Crippen molar-refractivity contribution in [1.82, 2.24) is 0 Å². The summed E-state index contributed by atoms with van der Waals surface area (Å²) in [7, 11) is -2.38. The van der Waals surface area contributed by atoms with E-state index >= 15 is 0 Å². The molecule has 0 aromatic heterocycles. The van der Waals surface area contributed by atoms with Crippen molar-refractivity contribution in [2.45, 2.75) is 4.90 Å². The van der Waals surface area contributed by atoms with Crippen LogP contribution in [0.5, 0.6) is 17.2 Å².